The molecule has 0 aliphatic carbocycles. The normalized spacial score (nSPS) is 24.5. The second-order valence-corrected chi connectivity index (χ2v) is 10.5. The third-order valence-corrected chi connectivity index (χ3v) is 6.06. The second kappa shape index (κ2) is 8.75. The van der Waals surface area contributed by atoms with Crippen LogP contribution in [0.3, 0.4) is 0 Å². The van der Waals surface area contributed by atoms with Gasteiger partial charge in [0.1, 0.15) is 17.3 Å². The molecule has 2 fully saturated rings. The number of nitrogens with two attached hydrogens (primary N) is 1. The van der Waals surface area contributed by atoms with Crippen LogP contribution in [-0.2, 0) is 14.0 Å². The molecule has 2 N–H and O–H groups in total. The number of nitrogens with zero attached hydrogens (tertiary/aromatic N) is 2. The molecule has 2 atom stereocenters. The minimum absolute atomic E-state index is 0.00369. The quantitative estimate of drug-likeness (QED) is 0.679. The van der Waals surface area contributed by atoms with Gasteiger partial charge >= 0.3 is 13.2 Å². The molecule has 33 heavy (non-hydrogen) atoms. The fraction of sp³-hybridized carbons (Fsp3) is 0.682. The monoisotopic (exact) mass is 465 g/mol. The standard InChI is InChI=1S/C22H33BFN3O6/c1-20(2,3)31-19(29)27-9-8-16(15(24)12-27)30-18-14(17(25)28)10-13(11-26-18)23-32-21(4,5)22(6,7)33-23/h10-11,15-16H,8-9,12H2,1-7H3,(H2,25,28). The number of ether oxygens (including phenoxy) is 2. The van der Waals surface area contributed by atoms with Crippen LogP contribution in [0.25, 0.3) is 0 Å². The number of amides is 2. The molecule has 1 aromatic heterocycles. The molecule has 2 aliphatic heterocycles. The molecule has 0 spiro atoms. The molecule has 3 rings (SSSR count). The summed E-state index contributed by atoms with van der Waals surface area (Å²) in [6, 6.07) is 1.50. The van der Waals surface area contributed by atoms with Gasteiger partial charge in [-0.1, -0.05) is 0 Å². The molecule has 0 aromatic carbocycles. The number of carbonyl (C=O) groups excluding carboxylic acids is 2. The van der Waals surface area contributed by atoms with Gasteiger partial charge in [-0.3, -0.25) is 4.79 Å². The highest BCUT2D eigenvalue weighted by Crippen LogP contribution is 2.36. The summed E-state index contributed by atoms with van der Waals surface area (Å²) >= 11 is 0. The van der Waals surface area contributed by atoms with E-state index in [9.17, 15) is 14.0 Å². The number of alkyl halides is 1. The highest BCUT2D eigenvalue weighted by atomic mass is 19.1. The van der Waals surface area contributed by atoms with Crippen molar-refractivity contribution in [3.63, 3.8) is 0 Å². The fourth-order valence-electron chi connectivity index (χ4n) is 3.50. The predicted molar refractivity (Wildman–Crippen MR) is 120 cm³/mol. The van der Waals surface area contributed by atoms with Gasteiger partial charge in [-0.25, -0.2) is 14.2 Å². The van der Waals surface area contributed by atoms with Gasteiger partial charge in [-0.2, -0.15) is 0 Å². The average molecular weight is 465 g/mol. The first-order chi connectivity index (χ1) is 15.1. The van der Waals surface area contributed by atoms with Gasteiger partial charge in [0.2, 0.25) is 5.88 Å². The first-order valence-corrected chi connectivity index (χ1v) is 11.0. The van der Waals surface area contributed by atoms with Crippen LogP contribution in [0, 0.1) is 0 Å². The van der Waals surface area contributed by atoms with Crippen molar-refractivity contribution in [2.24, 2.45) is 5.73 Å². The van der Waals surface area contributed by atoms with E-state index in [1.165, 1.54) is 17.2 Å². The highest BCUT2D eigenvalue weighted by Gasteiger charge is 2.52. The van der Waals surface area contributed by atoms with Gasteiger partial charge < -0.3 is 29.4 Å². The lowest BCUT2D eigenvalue weighted by atomic mass is 9.79. The summed E-state index contributed by atoms with van der Waals surface area (Å²) in [5.41, 5.74) is 4.25. The van der Waals surface area contributed by atoms with E-state index in [1.807, 2.05) is 27.7 Å². The number of piperidine rings is 1. The van der Waals surface area contributed by atoms with Gasteiger partial charge in [-0.05, 0) is 54.5 Å². The fourth-order valence-corrected chi connectivity index (χ4v) is 3.50. The van der Waals surface area contributed by atoms with Gasteiger partial charge in [0, 0.05) is 24.6 Å². The van der Waals surface area contributed by atoms with Crippen LogP contribution >= 0.6 is 0 Å². The molecule has 9 nitrogen and oxygen atoms in total. The van der Waals surface area contributed by atoms with Crippen LogP contribution in [0.1, 0.15) is 65.2 Å². The van der Waals surface area contributed by atoms with Crippen LogP contribution in [0.4, 0.5) is 9.18 Å². The molecular weight excluding hydrogens is 432 g/mol. The molecule has 1 aromatic rings. The maximum absolute atomic E-state index is 14.8. The molecule has 11 heteroatoms. The van der Waals surface area contributed by atoms with Crippen LogP contribution in [0.2, 0.25) is 0 Å². The highest BCUT2D eigenvalue weighted by molar-refractivity contribution is 6.62. The number of hydrogen-bond acceptors (Lipinski definition) is 7. The van der Waals surface area contributed by atoms with Crippen molar-refractivity contribution >= 4 is 24.6 Å². The van der Waals surface area contributed by atoms with Crippen LogP contribution < -0.4 is 15.9 Å². The van der Waals surface area contributed by atoms with Crippen molar-refractivity contribution in [2.75, 3.05) is 13.1 Å². The number of carbonyl (C=O) groups is 2. The Kier molecular flexibility index (Phi) is 6.69. The molecule has 2 aliphatic rings. The van der Waals surface area contributed by atoms with Crippen molar-refractivity contribution in [1.82, 2.24) is 9.88 Å². The van der Waals surface area contributed by atoms with Crippen LogP contribution in [-0.4, -0.2) is 71.2 Å². The number of hydrogen-bond donors (Lipinski definition) is 1. The smallest absolute Gasteiger partial charge is 0.471 e. The topological polar surface area (TPSA) is 113 Å². The molecule has 0 bridgehead atoms. The van der Waals surface area contributed by atoms with Gasteiger partial charge in [0.15, 0.2) is 6.17 Å². The molecule has 182 valence electrons. The third kappa shape index (κ3) is 5.58. The van der Waals surface area contributed by atoms with Crippen LogP contribution in [0.15, 0.2) is 12.3 Å². The van der Waals surface area contributed by atoms with E-state index in [2.05, 4.69) is 4.98 Å². The predicted octanol–water partition coefficient (Wildman–Crippen LogP) is 2.21. The Bertz CT molecular complexity index is 904. The lowest BCUT2D eigenvalue weighted by Crippen LogP contribution is -2.50. The lowest BCUT2D eigenvalue weighted by Gasteiger charge is -2.35. The van der Waals surface area contributed by atoms with Gasteiger partial charge in [0.05, 0.1) is 17.7 Å². The number of likely N-dealkylation sites (tertiary alicyclic amines) is 1. The summed E-state index contributed by atoms with van der Waals surface area (Å²) in [5.74, 6) is -0.835. The molecule has 2 amide bonds. The van der Waals surface area contributed by atoms with E-state index in [0.717, 1.165) is 0 Å². The zero-order valence-electron chi connectivity index (χ0n) is 20.3. The number of primary amides is 1. The summed E-state index contributed by atoms with van der Waals surface area (Å²) in [5, 5.41) is 0. The summed E-state index contributed by atoms with van der Waals surface area (Å²) in [4.78, 5) is 29.8. The van der Waals surface area contributed by atoms with Crippen molar-refractivity contribution in [3.8, 4) is 5.88 Å². The van der Waals surface area contributed by atoms with Gasteiger partial charge in [0.25, 0.3) is 5.91 Å². The third-order valence-electron chi connectivity index (χ3n) is 6.06. The van der Waals surface area contributed by atoms with Crippen molar-refractivity contribution in [2.45, 2.75) is 84.0 Å². The summed E-state index contributed by atoms with van der Waals surface area (Å²) in [6.07, 6.45) is -1.29. The van der Waals surface area contributed by atoms with Gasteiger partial charge in [-0.15, -0.1) is 0 Å². The molecule has 2 saturated heterocycles. The van der Waals surface area contributed by atoms with E-state index in [-0.39, 0.29) is 31.0 Å². The Morgan fingerprint density at radius 3 is 2.36 bits per heavy atom. The molecule has 0 saturated carbocycles. The zero-order chi connectivity index (χ0) is 24.8. The van der Waals surface area contributed by atoms with E-state index in [4.69, 9.17) is 24.5 Å². The summed E-state index contributed by atoms with van der Waals surface area (Å²) < 4.78 is 37.9. The van der Waals surface area contributed by atoms with E-state index >= 15 is 0 Å². The zero-order valence-corrected chi connectivity index (χ0v) is 20.3. The molecule has 0 radical (unpaired) electrons. The minimum Gasteiger partial charge on any atom is -0.471 e. The maximum Gasteiger partial charge on any atom is 0.496 e. The Labute approximate surface area is 194 Å². The second-order valence-electron chi connectivity index (χ2n) is 10.5. The summed E-state index contributed by atoms with van der Waals surface area (Å²) in [6.45, 7) is 13.0. The first-order valence-electron chi connectivity index (χ1n) is 11.0. The Balaban J connectivity index is 1.72. The Morgan fingerprint density at radius 1 is 1.24 bits per heavy atom. The average Bonchev–Trinajstić information content (AvgIpc) is 2.89. The van der Waals surface area contributed by atoms with Crippen molar-refractivity contribution < 1.29 is 32.8 Å². The van der Waals surface area contributed by atoms with E-state index in [0.29, 0.717) is 5.46 Å². The number of halogens is 1. The Morgan fingerprint density at radius 2 is 1.85 bits per heavy atom. The maximum atomic E-state index is 14.8. The number of pyridine rings is 1. The number of rotatable bonds is 4. The van der Waals surface area contributed by atoms with Crippen molar-refractivity contribution in [3.05, 3.63) is 17.8 Å². The Hall–Kier alpha value is -2.40. The lowest BCUT2D eigenvalue weighted by molar-refractivity contribution is -0.0115. The van der Waals surface area contributed by atoms with Crippen LogP contribution in [0.5, 0.6) is 5.88 Å². The van der Waals surface area contributed by atoms with E-state index < -0.39 is 48.2 Å². The van der Waals surface area contributed by atoms with E-state index in [1.54, 1.807) is 20.8 Å². The first kappa shape index (κ1) is 25.2. The molecule has 2 unspecified atom stereocenters. The van der Waals surface area contributed by atoms with Crippen molar-refractivity contribution in [1.29, 1.82) is 0 Å². The number of aromatic nitrogens is 1. The molecule has 3 heterocycles. The summed E-state index contributed by atoms with van der Waals surface area (Å²) in [7, 11) is -0.736. The SMILES string of the molecule is CC(C)(C)OC(=O)N1CCC(Oc2ncc(B3OC(C)(C)C(C)(C)O3)cc2C(N)=O)C(F)C1. The molecular formula is C22H33BFN3O6. The largest absolute Gasteiger partial charge is 0.496 e. The minimum atomic E-state index is -1.49.